The Hall–Kier alpha value is -3.28. The molecule has 1 aliphatic carbocycles. The highest BCUT2D eigenvalue weighted by Crippen LogP contribution is 2.39. The van der Waals surface area contributed by atoms with Crippen molar-refractivity contribution in [2.75, 3.05) is 0 Å². The van der Waals surface area contributed by atoms with E-state index >= 15 is 0 Å². The minimum atomic E-state index is 0.470. The highest BCUT2D eigenvalue weighted by atomic mass is 16.4. The van der Waals surface area contributed by atoms with E-state index in [-0.39, 0.29) is 0 Å². The lowest BCUT2D eigenvalue weighted by molar-refractivity contribution is 0.431. The van der Waals surface area contributed by atoms with Crippen molar-refractivity contribution >= 4 is 0 Å². The number of pyridine rings is 1. The molecule has 0 bridgehead atoms. The van der Waals surface area contributed by atoms with Crippen LogP contribution in [0.15, 0.2) is 59.1 Å². The van der Waals surface area contributed by atoms with Gasteiger partial charge < -0.3 is 4.42 Å². The normalized spacial score (nSPS) is 13.8. The van der Waals surface area contributed by atoms with Crippen LogP contribution in [0, 0.1) is 6.92 Å². The summed E-state index contributed by atoms with van der Waals surface area (Å²) in [5.41, 5.74) is 5.02. The highest BCUT2D eigenvalue weighted by Gasteiger charge is 2.29. The van der Waals surface area contributed by atoms with Crippen LogP contribution in [-0.4, -0.2) is 25.0 Å². The van der Waals surface area contributed by atoms with Gasteiger partial charge in [0.15, 0.2) is 0 Å². The molecule has 5 rings (SSSR count). The van der Waals surface area contributed by atoms with Gasteiger partial charge in [-0.15, -0.1) is 10.2 Å². The van der Waals surface area contributed by atoms with Crippen LogP contribution in [0.2, 0.25) is 0 Å². The monoisotopic (exact) mass is 357 g/mol. The lowest BCUT2D eigenvalue weighted by Crippen LogP contribution is -2.00. The first kappa shape index (κ1) is 15.9. The molecule has 0 atom stereocenters. The molecular formula is C21H19N5O. The van der Waals surface area contributed by atoms with E-state index in [9.17, 15) is 0 Å². The molecule has 0 aliphatic heterocycles. The Morgan fingerprint density at radius 2 is 1.81 bits per heavy atom. The van der Waals surface area contributed by atoms with Crippen LogP contribution in [0.4, 0.5) is 0 Å². The summed E-state index contributed by atoms with van der Waals surface area (Å²) in [4.78, 5) is 4.61. The molecule has 6 heteroatoms. The second-order valence-electron chi connectivity index (χ2n) is 6.95. The maximum atomic E-state index is 5.72. The second-order valence-corrected chi connectivity index (χ2v) is 6.95. The molecule has 1 aliphatic rings. The Bertz CT molecular complexity index is 1090. The van der Waals surface area contributed by atoms with E-state index < -0.39 is 0 Å². The van der Waals surface area contributed by atoms with Gasteiger partial charge in [0.1, 0.15) is 6.54 Å². The van der Waals surface area contributed by atoms with E-state index in [0.717, 1.165) is 46.9 Å². The standard InChI is InChI=1S/C21H19N5O/c1-14-4-2-7-18(22-14)16-5-3-6-17(12-16)19-10-11-26(25-19)13-20-23-24-21(27-20)15-8-9-15/h2-7,10-12,15H,8-9,13H2,1H3. The van der Waals surface area contributed by atoms with Crippen LogP contribution in [0.3, 0.4) is 0 Å². The highest BCUT2D eigenvalue weighted by molar-refractivity contribution is 5.69. The molecule has 1 fully saturated rings. The first-order valence-electron chi connectivity index (χ1n) is 9.15. The third-order valence-corrected chi connectivity index (χ3v) is 4.69. The second kappa shape index (κ2) is 6.46. The van der Waals surface area contributed by atoms with Crippen LogP contribution in [0.5, 0.6) is 0 Å². The van der Waals surface area contributed by atoms with Crippen LogP contribution >= 0.6 is 0 Å². The van der Waals surface area contributed by atoms with Gasteiger partial charge in [-0.1, -0.05) is 24.3 Å². The molecule has 134 valence electrons. The van der Waals surface area contributed by atoms with Crippen LogP contribution in [-0.2, 0) is 6.54 Å². The molecule has 3 aromatic heterocycles. The number of rotatable bonds is 5. The van der Waals surface area contributed by atoms with E-state index in [4.69, 9.17) is 4.42 Å². The van der Waals surface area contributed by atoms with E-state index in [1.807, 2.05) is 48.1 Å². The van der Waals surface area contributed by atoms with Crippen molar-refractivity contribution in [3.63, 3.8) is 0 Å². The summed E-state index contributed by atoms with van der Waals surface area (Å²) in [5.74, 6) is 1.83. The van der Waals surface area contributed by atoms with Crippen molar-refractivity contribution in [1.82, 2.24) is 25.0 Å². The maximum absolute atomic E-state index is 5.72. The minimum absolute atomic E-state index is 0.470. The fourth-order valence-electron chi connectivity index (χ4n) is 3.11. The number of aryl methyl sites for hydroxylation is 1. The fraction of sp³-hybridized carbons (Fsp3) is 0.238. The zero-order valence-corrected chi connectivity index (χ0v) is 15.0. The van der Waals surface area contributed by atoms with Gasteiger partial charge in [-0.25, -0.2) is 0 Å². The SMILES string of the molecule is Cc1cccc(-c2cccc(-c3ccn(Cc4nnc(C5CC5)o4)n3)c2)n1. The predicted molar refractivity (Wildman–Crippen MR) is 101 cm³/mol. The Kier molecular flexibility index (Phi) is 3.81. The van der Waals surface area contributed by atoms with Crippen LogP contribution < -0.4 is 0 Å². The van der Waals surface area contributed by atoms with Crippen molar-refractivity contribution in [2.24, 2.45) is 0 Å². The van der Waals surface area contributed by atoms with Gasteiger partial charge in [-0.05, 0) is 44.0 Å². The van der Waals surface area contributed by atoms with Crippen molar-refractivity contribution in [3.05, 3.63) is 72.2 Å². The molecule has 0 N–H and O–H groups in total. The van der Waals surface area contributed by atoms with Crippen LogP contribution in [0.25, 0.3) is 22.5 Å². The summed E-state index contributed by atoms with van der Waals surface area (Å²) < 4.78 is 7.55. The molecular weight excluding hydrogens is 338 g/mol. The summed E-state index contributed by atoms with van der Waals surface area (Å²) in [5, 5.41) is 12.9. The summed E-state index contributed by atoms with van der Waals surface area (Å²) in [7, 11) is 0. The van der Waals surface area contributed by atoms with Crippen molar-refractivity contribution < 1.29 is 4.42 Å². The molecule has 0 spiro atoms. The third-order valence-electron chi connectivity index (χ3n) is 4.69. The number of hydrogen-bond acceptors (Lipinski definition) is 5. The van der Waals surface area contributed by atoms with Gasteiger partial charge in [0.25, 0.3) is 0 Å². The van der Waals surface area contributed by atoms with Crippen molar-refractivity contribution in [3.8, 4) is 22.5 Å². The number of aromatic nitrogens is 5. The van der Waals surface area contributed by atoms with Crippen LogP contribution in [0.1, 0.15) is 36.2 Å². The molecule has 1 aromatic carbocycles. The first-order chi connectivity index (χ1) is 13.2. The Morgan fingerprint density at radius 1 is 1.00 bits per heavy atom. The molecule has 4 aromatic rings. The smallest absolute Gasteiger partial charge is 0.237 e. The Morgan fingerprint density at radius 3 is 2.63 bits per heavy atom. The third kappa shape index (κ3) is 3.38. The summed E-state index contributed by atoms with van der Waals surface area (Å²) in [6.45, 7) is 2.49. The van der Waals surface area contributed by atoms with E-state index in [0.29, 0.717) is 18.4 Å². The largest absolute Gasteiger partial charge is 0.423 e. The van der Waals surface area contributed by atoms with Gasteiger partial charge in [0, 0.05) is 28.9 Å². The van der Waals surface area contributed by atoms with E-state index in [1.54, 1.807) is 0 Å². The first-order valence-corrected chi connectivity index (χ1v) is 9.15. The van der Waals surface area contributed by atoms with Gasteiger partial charge in [0.05, 0.1) is 11.4 Å². The lowest BCUT2D eigenvalue weighted by Gasteiger charge is -2.04. The molecule has 0 amide bonds. The molecule has 27 heavy (non-hydrogen) atoms. The van der Waals surface area contributed by atoms with Gasteiger partial charge in [0.2, 0.25) is 11.8 Å². The number of hydrogen-bond donors (Lipinski definition) is 0. The van der Waals surface area contributed by atoms with Gasteiger partial charge >= 0.3 is 0 Å². The molecule has 6 nitrogen and oxygen atoms in total. The quantitative estimate of drug-likeness (QED) is 0.534. The number of benzene rings is 1. The van der Waals surface area contributed by atoms with E-state index in [1.165, 1.54) is 0 Å². The maximum Gasteiger partial charge on any atom is 0.237 e. The molecule has 0 unspecified atom stereocenters. The minimum Gasteiger partial charge on any atom is -0.423 e. The predicted octanol–water partition coefficient (Wildman–Crippen LogP) is 4.23. The zero-order valence-electron chi connectivity index (χ0n) is 15.0. The average molecular weight is 357 g/mol. The summed E-state index contributed by atoms with van der Waals surface area (Å²) >= 11 is 0. The van der Waals surface area contributed by atoms with E-state index in [2.05, 4.69) is 38.5 Å². The van der Waals surface area contributed by atoms with Gasteiger partial charge in [-0.2, -0.15) is 5.10 Å². The van der Waals surface area contributed by atoms with Crippen molar-refractivity contribution in [2.45, 2.75) is 32.2 Å². The lowest BCUT2D eigenvalue weighted by atomic mass is 10.1. The molecule has 0 radical (unpaired) electrons. The molecule has 3 heterocycles. The topological polar surface area (TPSA) is 69.6 Å². The summed E-state index contributed by atoms with van der Waals surface area (Å²) in [6, 6.07) is 16.3. The van der Waals surface area contributed by atoms with Gasteiger partial charge in [-0.3, -0.25) is 9.67 Å². The average Bonchev–Trinajstić information content (AvgIpc) is 3.26. The molecule has 0 saturated heterocycles. The van der Waals surface area contributed by atoms with Crippen molar-refractivity contribution in [1.29, 1.82) is 0 Å². The fourth-order valence-corrected chi connectivity index (χ4v) is 3.11. The zero-order chi connectivity index (χ0) is 18.2. The Labute approximate surface area is 156 Å². The summed E-state index contributed by atoms with van der Waals surface area (Å²) in [6.07, 6.45) is 4.24. The molecule has 1 saturated carbocycles. The number of nitrogens with zero attached hydrogens (tertiary/aromatic N) is 5. The Balaban J connectivity index is 1.38.